The highest BCUT2D eigenvalue weighted by atomic mass is 16.4. The lowest BCUT2D eigenvalue weighted by Gasteiger charge is -2.38. The van der Waals surface area contributed by atoms with Gasteiger partial charge in [-0.05, 0) is 25.7 Å². The molecule has 1 N–H and O–H groups in total. The van der Waals surface area contributed by atoms with Crippen LogP contribution in [0.25, 0.3) is 0 Å². The Labute approximate surface area is 114 Å². The summed E-state index contributed by atoms with van der Waals surface area (Å²) in [6.07, 6.45) is 7.30. The minimum absolute atomic E-state index is 0.0119. The van der Waals surface area contributed by atoms with Crippen molar-refractivity contribution in [3.63, 3.8) is 0 Å². The van der Waals surface area contributed by atoms with Crippen LogP contribution in [0.4, 0.5) is 4.79 Å². The molecule has 1 heterocycles. The van der Waals surface area contributed by atoms with E-state index in [0.717, 1.165) is 19.3 Å². The molecule has 0 aromatic rings. The molecule has 1 saturated carbocycles. The van der Waals surface area contributed by atoms with Crippen LogP contribution < -0.4 is 0 Å². The number of aliphatic carboxylic acids is 1. The van der Waals surface area contributed by atoms with Gasteiger partial charge in [-0.1, -0.05) is 19.3 Å². The van der Waals surface area contributed by atoms with E-state index in [-0.39, 0.29) is 6.03 Å². The second-order valence-corrected chi connectivity index (χ2v) is 5.81. The first kappa shape index (κ1) is 14.2. The Bertz CT molecular complexity index is 340. The first-order chi connectivity index (χ1) is 9.09. The van der Waals surface area contributed by atoms with Gasteiger partial charge in [-0.25, -0.2) is 4.79 Å². The second-order valence-electron chi connectivity index (χ2n) is 5.81. The number of urea groups is 1. The number of carbonyl (C=O) groups is 2. The lowest BCUT2D eigenvalue weighted by atomic mass is 9.94. The Hall–Kier alpha value is -1.26. The number of rotatable bonds is 2. The van der Waals surface area contributed by atoms with Gasteiger partial charge < -0.3 is 14.9 Å². The zero-order valence-corrected chi connectivity index (χ0v) is 11.7. The van der Waals surface area contributed by atoms with Crippen LogP contribution in [0.2, 0.25) is 0 Å². The van der Waals surface area contributed by atoms with Gasteiger partial charge in [0, 0.05) is 26.2 Å². The van der Waals surface area contributed by atoms with Crippen LogP contribution in [0, 0.1) is 5.92 Å². The van der Waals surface area contributed by atoms with E-state index in [1.54, 1.807) is 4.90 Å². The zero-order chi connectivity index (χ0) is 13.8. The van der Waals surface area contributed by atoms with Crippen LogP contribution in [0.3, 0.4) is 0 Å². The van der Waals surface area contributed by atoms with Crippen LogP contribution in [0.15, 0.2) is 0 Å². The Morgan fingerprint density at radius 2 is 1.79 bits per heavy atom. The van der Waals surface area contributed by atoms with E-state index in [2.05, 4.69) is 0 Å². The van der Waals surface area contributed by atoms with E-state index >= 15 is 0 Å². The molecule has 0 spiro atoms. The highest BCUT2D eigenvalue weighted by Gasteiger charge is 2.31. The fraction of sp³-hybridized carbons (Fsp3) is 0.857. The van der Waals surface area contributed by atoms with Gasteiger partial charge in [-0.15, -0.1) is 0 Å². The third kappa shape index (κ3) is 3.39. The molecule has 2 rings (SSSR count). The molecule has 5 heteroatoms. The minimum Gasteiger partial charge on any atom is -0.481 e. The molecule has 108 valence electrons. The van der Waals surface area contributed by atoms with Gasteiger partial charge in [0.25, 0.3) is 0 Å². The Morgan fingerprint density at radius 3 is 2.42 bits per heavy atom. The maximum Gasteiger partial charge on any atom is 0.320 e. The van der Waals surface area contributed by atoms with Crippen molar-refractivity contribution in [2.75, 3.05) is 20.1 Å². The predicted molar refractivity (Wildman–Crippen MR) is 72.0 cm³/mol. The fourth-order valence-electron chi connectivity index (χ4n) is 3.20. The molecule has 1 aliphatic heterocycles. The lowest BCUT2D eigenvalue weighted by molar-refractivity contribution is -0.143. The summed E-state index contributed by atoms with van der Waals surface area (Å²) in [5.74, 6) is -1.17. The molecule has 0 aromatic carbocycles. The molecule has 2 fully saturated rings. The first-order valence-corrected chi connectivity index (χ1v) is 7.34. The number of carboxylic acid groups (broad SMARTS) is 1. The van der Waals surface area contributed by atoms with Crippen LogP contribution >= 0.6 is 0 Å². The number of piperidine rings is 1. The summed E-state index contributed by atoms with van der Waals surface area (Å²) in [5, 5.41) is 9.07. The largest absolute Gasteiger partial charge is 0.481 e. The standard InChI is InChI=1S/C14H24N2O3/c1-15(12-7-3-2-4-8-12)14(19)16-9-5-6-11(10-16)13(17)18/h11-12H,2-10H2,1H3,(H,17,18). The summed E-state index contributed by atoms with van der Waals surface area (Å²) in [5.41, 5.74) is 0. The van der Waals surface area contributed by atoms with E-state index in [4.69, 9.17) is 5.11 Å². The van der Waals surface area contributed by atoms with Crippen molar-refractivity contribution in [2.45, 2.75) is 51.0 Å². The Morgan fingerprint density at radius 1 is 1.11 bits per heavy atom. The van der Waals surface area contributed by atoms with Gasteiger partial charge in [0.05, 0.1) is 5.92 Å². The normalized spacial score (nSPS) is 25.1. The molecule has 1 atom stereocenters. The molecular formula is C14H24N2O3. The number of hydrogen-bond donors (Lipinski definition) is 1. The highest BCUT2D eigenvalue weighted by Crippen LogP contribution is 2.24. The number of likely N-dealkylation sites (tertiary alicyclic amines) is 1. The molecule has 1 saturated heterocycles. The van der Waals surface area contributed by atoms with Crippen LogP contribution in [0.5, 0.6) is 0 Å². The van der Waals surface area contributed by atoms with Gasteiger partial charge in [-0.3, -0.25) is 4.79 Å². The molecule has 1 aliphatic carbocycles. The molecule has 0 aromatic heterocycles. The van der Waals surface area contributed by atoms with E-state index in [0.29, 0.717) is 25.6 Å². The smallest absolute Gasteiger partial charge is 0.320 e. The fourth-order valence-corrected chi connectivity index (χ4v) is 3.20. The van der Waals surface area contributed by atoms with Gasteiger partial charge in [0.2, 0.25) is 0 Å². The van der Waals surface area contributed by atoms with E-state index < -0.39 is 11.9 Å². The van der Waals surface area contributed by atoms with E-state index in [1.165, 1.54) is 19.3 Å². The molecule has 0 bridgehead atoms. The maximum absolute atomic E-state index is 12.4. The molecule has 0 radical (unpaired) electrons. The zero-order valence-electron chi connectivity index (χ0n) is 11.7. The van der Waals surface area contributed by atoms with Crippen LogP contribution in [0.1, 0.15) is 44.9 Å². The topological polar surface area (TPSA) is 60.9 Å². The van der Waals surface area contributed by atoms with Crippen molar-refractivity contribution in [2.24, 2.45) is 5.92 Å². The summed E-state index contributed by atoms with van der Waals surface area (Å²) in [4.78, 5) is 27.0. The average Bonchev–Trinajstić information content (AvgIpc) is 2.46. The average molecular weight is 268 g/mol. The van der Waals surface area contributed by atoms with Crippen molar-refractivity contribution in [1.29, 1.82) is 0 Å². The van der Waals surface area contributed by atoms with E-state index in [1.807, 2.05) is 11.9 Å². The van der Waals surface area contributed by atoms with Gasteiger partial charge >= 0.3 is 12.0 Å². The molecule has 5 nitrogen and oxygen atoms in total. The quantitative estimate of drug-likeness (QED) is 0.835. The second kappa shape index (κ2) is 6.26. The third-order valence-corrected chi connectivity index (χ3v) is 4.47. The van der Waals surface area contributed by atoms with E-state index in [9.17, 15) is 9.59 Å². The Balaban J connectivity index is 1.92. The monoisotopic (exact) mass is 268 g/mol. The number of hydrogen-bond acceptors (Lipinski definition) is 2. The number of nitrogens with zero attached hydrogens (tertiary/aromatic N) is 2. The maximum atomic E-state index is 12.4. The SMILES string of the molecule is CN(C(=O)N1CCCC(C(=O)O)C1)C1CCCCC1. The van der Waals surface area contributed by atoms with Crippen molar-refractivity contribution in [1.82, 2.24) is 9.80 Å². The number of carboxylic acids is 1. The summed E-state index contributed by atoms with van der Waals surface area (Å²) in [6.45, 7) is 1.06. The summed E-state index contributed by atoms with van der Waals surface area (Å²) < 4.78 is 0. The van der Waals surface area contributed by atoms with Crippen molar-refractivity contribution >= 4 is 12.0 Å². The lowest BCUT2D eigenvalue weighted by Crippen LogP contribution is -2.50. The molecule has 1 unspecified atom stereocenters. The van der Waals surface area contributed by atoms with Gasteiger partial charge in [0.1, 0.15) is 0 Å². The van der Waals surface area contributed by atoms with Gasteiger partial charge in [0.15, 0.2) is 0 Å². The summed E-state index contributed by atoms with van der Waals surface area (Å²) in [7, 11) is 1.86. The summed E-state index contributed by atoms with van der Waals surface area (Å²) >= 11 is 0. The Kier molecular flexibility index (Phi) is 4.66. The number of amides is 2. The molecule has 2 aliphatic rings. The van der Waals surface area contributed by atoms with Crippen molar-refractivity contribution in [3.8, 4) is 0 Å². The number of carbonyl (C=O) groups excluding carboxylic acids is 1. The third-order valence-electron chi connectivity index (χ3n) is 4.47. The molecular weight excluding hydrogens is 244 g/mol. The van der Waals surface area contributed by atoms with Gasteiger partial charge in [-0.2, -0.15) is 0 Å². The first-order valence-electron chi connectivity index (χ1n) is 7.34. The van der Waals surface area contributed by atoms with Crippen molar-refractivity contribution < 1.29 is 14.7 Å². The molecule has 2 amide bonds. The minimum atomic E-state index is -0.780. The van der Waals surface area contributed by atoms with Crippen molar-refractivity contribution in [3.05, 3.63) is 0 Å². The molecule has 19 heavy (non-hydrogen) atoms. The summed E-state index contributed by atoms with van der Waals surface area (Å²) in [6, 6.07) is 0.351. The van der Waals surface area contributed by atoms with Crippen LogP contribution in [-0.2, 0) is 4.79 Å². The predicted octanol–water partition coefficient (Wildman–Crippen LogP) is 2.17. The highest BCUT2D eigenvalue weighted by molar-refractivity contribution is 5.76. The van der Waals surface area contributed by atoms with Crippen LogP contribution in [-0.4, -0.2) is 53.1 Å².